The molecule has 0 spiro atoms. The van der Waals surface area contributed by atoms with Crippen LogP contribution in [0.3, 0.4) is 0 Å². The summed E-state index contributed by atoms with van der Waals surface area (Å²) < 4.78 is 0. The summed E-state index contributed by atoms with van der Waals surface area (Å²) in [5.74, 6) is 0. The van der Waals surface area contributed by atoms with E-state index in [1.54, 1.807) is 17.6 Å². The third-order valence-corrected chi connectivity index (χ3v) is 3.71. The van der Waals surface area contributed by atoms with Crippen LogP contribution in [0, 0.1) is 13.8 Å². The molecule has 0 unspecified atom stereocenters. The first-order chi connectivity index (χ1) is 9.15. The fourth-order valence-corrected chi connectivity index (χ4v) is 2.42. The van der Waals surface area contributed by atoms with Gasteiger partial charge in [0.25, 0.3) is 0 Å². The number of anilines is 1. The SMILES string of the molecule is Cc1ccc(NC(=S)N/N=C\c2sccc2C)cc1. The molecule has 1 aromatic carbocycles. The smallest absolute Gasteiger partial charge is 0.191 e. The molecule has 0 aliphatic heterocycles. The van der Waals surface area contributed by atoms with E-state index in [2.05, 4.69) is 28.8 Å². The van der Waals surface area contributed by atoms with E-state index >= 15 is 0 Å². The Morgan fingerprint density at radius 3 is 2.58 bits per heavy atom. The first kappa shape index (κ1) is 13.7. The standard InChI is InChI=1S/C14H15N3S2/c1-10-3-5-12(6-4-10)16-14(18)17-15-9-13-11(2)7-8-19-13/h3-9H,1-2H3,(H2,16,17,18)/b15-9-. The Balaban J connectivity index is 1.86. The lowest BCUT2D eigenvalue weighted by atomic mass is 10.2. The summed E-state index contributed by atoms with van der Waals surface area (Å²) in [6.45, 7) is 4.11. The van der Waals surface area contributed by atoms with Crippen LogP contribution in [0.4, 0.5) is 5.69 Å². The largest absolute Gasteiger partial charge is 0.331 e. The van der Waals surface area contributed by atoms with E-state index in [1.807, 2.05) is 36.6 Å². The van der Waals surface area contributed by atoms with Crippen molar-refractivity contribution in [3.05, 3.63) is 51.7 Å². The molecule has 0 aliphatic carbocycles. The zero-order valence-corrected chi connectivity index (χ0v) is 12.4. The van der Waals surface area contributed by atoms with Crippen molar-refractivity contribution in [1.82, 2.24) is 5.43 Å². The Kier molecular flexibility index (Phi) is 4.65. The van der Waals surface area contributed by atoms with Gasteiger partial charge in [0.2, 0.25) is 0 Å². The van der Waals surface area contributed by atoms with Crippen LogP contribution in [0.5, 0.6) is 0 Å². The molecule has 0 atom stereocenters. The van der Waals surface area contributed by atoms with Gasteiger partial charge in [-0.3, -0.25) is 5.43 Å². The molecule has 2 aromatic rings. The molecule has 98 valence electrons. The van der Waals surface area contributed by atoms with Crippen LogP contribution in [0.1, 0.15) is 16.0 Å². The Morgan fingerprint density at radius 1 is 1.21 bits per heavy atom. The maximum absolute atomic E-state index is 5.16. The number of hydrogen-bond acceptors (Lipinski definition) is 3. The van der Waals surface area contributed by atoms with E-state index in [0.717, 1.165) is 10.6 Å². The van der Waals surface area contributed by atoms with Gasteiger partial charge >= 0.3 is 0 Å². The maximum atomic E-state index is 5.16. The third kappa shape index (κ3) is 4.15. The van der Waals surface area contributed by atoms with Gasteiger partial charge in [-0.25, -0.2) is 0 Å². The van der Waals surface area contributed by atoms with Crippen LogP contribution in [-0.4, -0.2) is 11.3 Å². The van der Waals surface area contributed by atoms with Gasteiger partial charge in [-0.2, -0.15) is 5.10 Å². The number of nitrogens with zero attached hydrogens (tertiary/aromatic N) is 1. The number of nitrogens with one attached hydrogen (secondary N) is 2. The fraction of sp³-hybridized carbons (Fsp3) is 0.143. The van der Waals surface area contributed by atoms with Gasteiger partial charge in [0.15, 0.2) is 5.11 Å². The fourth-order valence-electron chi connectivity index (χ4n) is 1.46. The second-order valence-corrected chi connectivity index (χ2v) is 5.51. The van der Waals surface area contributed by atoms with Crippen LogP contribution in [0.2, 0.25) is 0 Å². The highest BCUT2D eigenvalue weighted by atomic mass is 32.1. The molecule has 19 heavy (non-hydrogen) atoms. The minimum Gasteiger partial charge on any atom is -0.331 e. The van der Waals surface area contributed by atoms with Crippen molar-refractivity contribution < 1.29 is 0 Å². The van der Waals surface area contributed by atoms with E-state index in [0.29, 0.717) is 5.11 Å². The van der Waals surface area contributed by atoms with Crippen molar-refractivity contribution >= 4 is 40.6 Å². The number of thiophene rings is 1. The van der Waals surface area contributed by atoms with E-state index in [4.69, 9.17) is 12.2 Å². The summed E-state index contributed by atoms with van der Waals surface area (Å²) in [6, 6.07) is 10.1. The molecular formula is C14H15N3S2. The van der Waals surface area contributed by atoms with E-state index in [9.17, 15) is 0 Å². The van der Waals surface area contributed by atoms with Crippen LogP contribution in [-0.2, 0) is 0 Å². The predicted octanol–water partition coefficient (Wildman–Crippen LogP) is 3.69. The predicted molar refractivity (Wildman–Crippen MR) is 87.2 cm³/mol. The zero-order valence-electron chi connectivity index (χ0n) is 10.8. The number of hydrogen-bond donors (Lipinski definition) is 2. The normalized spacial score (nSPS) is 10.6. The number of thiocarbonyl (C=S) groups is 1. The second kappa shape index (κ2) is 6.45. The van der Waals surface area contributed by atoms with E-state index in [1.165, 1.54) is 11.1 Å². The molecule has 0 aliphatic rings. The summed E-state index contributed by atoms with van der Waals surface area (Å²) in [4.78, 5) is 1.13. The van der Waals surface area contributed by atoms with Crippen molar-refractivity contribution in [2.45, 2.75) is 13.8 Å². The highest BCUT2D eigenvalue weighted by Crippen LogP contribution is 2.12. The highest BCUT2D eigenvalue weighted by Gasteiger charge is 1.97. The minimum atomic E-state index is 0.481. The molecule has 0 saturated heterocycles. The van der Waals surface area contributed by atoms with Gasteiger partial charge in [0, 0.05) is 10.6 Å². The van der Waals surface area contributed by atoms with E-state index in [-0.39, 0.29) is 0 Å². The molecule has 0 saturated carbocycles. The summed E-state index contributed by atoms with van der Waals surface area (Å²) in [6.07, 6.45) is 1.78. The van der Waals surface area contributed by atoms with Gasteiger partial charge in [-0.05, 0) is 55.2 Å². The molecular weight excluding hydrogens is 274 g/mol. The molecule has 1 heterocycles. The van der Waals surface area contributed by atoms with Crippen molar-refractivity contribution in [3.63, 3.8) is 0 Å². The highest BCUT2D eigenvalue weighted by molar-refractivity contribution is 7.80. The van der Waals surface area contributed by atoms with E-state index < -0.39 is 0 Å². The number of aryl methyl sites for hydroxylation is 2. The Morgan fingerprint density at radius 2 is 1.95 bits per heavy atom. The molecule has 0 amide bonds. The Hall–Kier alpha value is -1.72. The van der Waals surface area contributed by atoms with Crippen molar-refractivity contribution in [2.24, 2.45) is 5.10 Å². The molecule has 1 aromatic heterocycles. The third-order valence-electron chi connectivity index (χ3n) is 2.56. The monoisotopic (exact) mass is 289 g/mol. The lowest BCUT2D eigenvalue weighted by Gasteiger charge is -2.06. The van der Waals surface area contributed by atoms with Gasteiger partial charge in [0.1, 0.15) is 0 Å². The molecule has 0 bridgehead atoms. The average molecular weight is 289 g/mol. The summed E-state index contributed by atoms with van der Waals surface area (Å²) >= 11 is 6.82. The Labute approximate surface area is 122 Å². The lowest BCUT2D eigenvalue weighted by molar-refractivity contribution is 1.05. The van der Waals surface area contributed by atoms with Crippen LogP contribution >= 0.6 is 23.6 Å². The van der Waals surface area contributed by atoms with Crippen molar-refractivity contribution in [2.75, 3.05) is 5.32 Å². The molecule has 0 fully saturated rings. The van der Waals surface area contributed by atoms with Gasteiger partial charge < -0.3 is 5.32 Å². The summed E-state index contributed by atoms with van der Waals surface area (Å²) in [5, 5.41) is 9.72. The minimum absolute atomic E-state index is 0.481. The Bertz CT molecular complexity index is 585. The van der Waals surface area contributed by atoms with Crippen molar-refractivity contribution in [1.29, 1.82) is 0 Å². The average Bonchev–Trinajstić information content (AvgIpc) is 2.78. The zero-order chi connectivity index (χ0) is 13.7. The second-order valence-electron chi connectivity index (χ2n) is 4.16. The number of rotatable bonds is 3. The number of hydrazone groups is 1. The van der Waals surface area contributed by atoms with Gasteiger partial charge in [-0.1, -0.05) is 17.7 Å². The van der Waals surface area contributed by atoms with Crippen LogP contribution in [0.25, 0.3) is 0 Å². The lowest BCUT2D eigenvalue weighted by Crippen LogP contribution is -2.23. The first-order valence-corrected chi connectivity index (χ1v) is 7.15. The van der Waals surface area contributed by atoms with Crippen LogP contribution in [0.15, 0.2) is 40.8 Å². The van der Waals surface area contributed by atoms with Crippen molar-refractivity contribution in [3.8, 4) is 0 Å². The number of benzene rings is 1. The molecule has 0 radical (unpaired) electrons. The summed E-state index contributed by atoms with van der Waals surface area (Å²) in [5.41, 5.74) is 6.19. The van der Waals surface area contributed by atoms with Gasteiger partial charge in [-0.15, -0.1) is 11.3 Å². The molecule has 2 N–H and O–H groups in total. The quantitative estimate of drug-likeness (QED) is 0.514. The maximum Gasteiger partial charge on any atom is 0.191 e. The summed E-state index contributed by atoms with van der Waals surface area (Å²) in [7, 11) is 0. The van der Waals surface area contributed by atoms with Gasteiger partial charge in [0.05, 0.1) is 6.21 Å². The molecule has 3 nitrogen and oxygen atoms in total. The first-order valence-electron chi connectivity index (χ1n) is 5.86. The molecule has 2 rings (SSSR count). The topological polar surface area (TPSA) is 36.4 Å². The molecule has 5 heteroatoms. The van der Waals surface area contributed by atoms with Crippen LogP contribution < -0.4 is 10.7 Å².